The Morgan fingerprint density at radius 2 is 1.83 bits per heavy atom. The van der Waals surface area contributed by atoms with Gasteiger partial charge in [0.1, 0.15) is 11.4 Å². The number of methoxy groups -OCH3 is 1. The maximum atomic E-state index is 11.9. The highest BCUT2D eigenvalue weighted by Gasteiger charge is 2.26. The fraction of sp³-hybridized carbons (Fsp3) is 0.286. The molecule has 0 aliphatic rings. The maximum Gasteiger partial charge on any atom is 0.334 e. The summed E-state index contributed by atoms with van der Waals surface area (Å²) in [5, 5.41) is 28.7. The van der Waals surface area contributed by atoms with Crippen molar-refractivity contribution in [3.05, 3.63) is 64.2 Å². The molecule has 3 N–H and O–H groups in total. The van der Waals surface area contributed by atoms with Gasteiger partial charge in [-0.2, -0.15) is 0 Å². The lowest BCUT2D eigenvalue weighted by atomic mass is 10.1. The lowest BCUT2D eigenvalue weighted by Gasteiger charge is -2.20. The largest absolute Gasteiger partial charge is 0.497 e. The zero-order chi connectivity index (χ0) is 21.0. The fourth-order valence-electron chi connectivity index (χ4n) is 2.92. The van der Waals surface area contributed by atoms with Gasteiger partial charge in [-0.1, -0.05) is 30.3 Å². The molecule has 3 aromatic rings. The van der Waals surface area contributed by atoms with Crippen molar-refractivity contribution in [3.8, 4) is 5.75 Å². The van der Waals surface area contributed by atoms with Crippen LogP contribution in [0.1, 0.15) is 19.4 Å². The first-order valence-corrected chi connectivity index (χ1v) is 9.18. The third kappa shape index (κ3) is 4.91. The SMILES string of the molecule is COc1ccc(CNc2nc3ccccc3c(NCC(C)(C)O)c2[N+](=O)[O-])cc1. The van der Waals surface area contributed by atoms with Gasteiger partial charge < -0.3 is 20.5 Å². The van der Waals surface area contributed by atoms with E-state index < -0.39 is 10.5 Å². The number of aliphatic hydroxyl groups is 1. The second kappa shape index (κ2) is 8.32. The first kappa shape index (κ1) is 20.3. The van der Waals surface area contributed by atoms with Gasteiger partial charge in [-0.05, 0) is 37.6 Å². The number of para-hydroxylation sites is 1. The fourth-order valence-corrected chi connectivity index (χ4v) is 2.92. The lowest BCUT2D eigenvalue weighted by Crippen LogP contribution is -2.29. The Hall–Kier alpha value is -3.39. The van der Waals surface area contributed by atoms with Gasteiger partial charge in [0.25, 0.3) is 0 Å². The third-order valence-electron chi connectivity index (χ3n) is 4.37. The molecule has 1 aromatic heterocycles. The molecule has 0 radical (unpaired) electrons. The molecule has 29 heavy (non-hydrogen) atoms. The predicted molar refractivity (Wildman–Crippen MR) is 114 cm³/mol. The van der Waals surface area contributed by atoms with Crippen molar-refractivity contribution in [1.29, 1.82) is 0 Å². The summed E-state index contributed by atoms with van der Waals surface area (Å²) in [5.41, 5.74) is 0.700. The van der Waals surface area contributed by atoms with E-state index in [2.05, 4.69) is 15.6 Å². The van der Waals surface area contributed by atoms with Crippen LogP contribution in [0.15, 0.2) is 48.5 Å². The van der Waals surface area contributed by atoms with Crippen molar-refractivity contribution in [1.82, 2.24) is 4.98 Å². The molecule has 8 nitrogen and oxygen atoms in total. The average molecular weight is 396 g/mol. The molecule has 0 bridgehead atoms. The van der Waals surface area contributed by atoms with Crippen LogP contribution < -0.4 is 15.4 Å². The van der Waals surface area contributed by atoms with Crippen molar-refractivity contribution in [2.24, 2.45) is 0 Å². The minimum atomic E-state index is -1.03. The molecule has 2 aromatic carbocycles. The quantitative estimate of drug-likeness (QED) is 0.391. The van der Waals surface area contributed by atoms with Crippen LogP contribution in [0.3, 0.4) is 0 Å². The Kier molecular flexibility index (Phi) is 5.84. The highest BCUT2D eigenvalue weighted by molar-refractivity contribution is 5.99. The number of rotatable bonds is 8. The summed E-state index contributed by atoms with van der Waals surface area (Å²) >= 11 is 0. The number of hydrogen-bond donors (Lipinski definition) is 3. The summed E-state index contributed by atoms with van der Waals surface area (Å²) in [5.74, 6) is 0.907. The van der Waals surface area contributed by atoms with Gasteiger partial charge in [0.05, 0.1) is 23.2 Å². The zero-order valence-corrected chi connectivity index (χ0v) is 16.6. The molecule has 0 amide bonds. The van der Waals surface area contributed by atoms with Gasteiger partial charge in [0.2, 0.25) is 5.82 Å². The van der Waals surface area contributed by atoms with Crippen molar-refractivity contribution >= 4 is 28.1 Å². The predicted octanol–water partition coefficient (Wildman–Crippen LogP) is 3.95. The Morgan fingerprint density at radius 3 is 2.45 bits per heavy atom. The van der Waals surface area contributed by atoms with Crippen LogP contribution in [0.25, 0.3) is 10.9 Å². The monoisotopic (exact) mass is 396 g/mol. The summed E-state index contributed by atoms with van der Waals surface area (Å²) in [6, 6.07) is 14.6. The van der Waals surface area contributed by atoms with Gasteiger partial charge >= 0.3 is 5.69 Å². The number of nitrogens with one attached hydrogen (secondary N) is 2. The van der Waals surface area contributed by atoms with Crippen LogP contribution in [-0.4, -0.2) is 34.3 Å². The average Bonchev–Trinajstić information content (AvgIpc) is 2.69. The number of ether oxygens (including phenoxy) is 1. The second-order valence-electron chi connectivity index (χ2n) is 7.33. The Morgan fingerprint density at radius 1 is 1.14 bits per heavy atom. The standard InChI is InChI=1S/C21H24N4O4/c1-21(2,26)13-23-18-16-6-4-5-7-17(16)24-20(19(18)25(27)28)22-12-14-8-10-15(29-3)11-9-14/h4-11,26H,12-13H2,1-3H3,(H2,22,23,24). The molecular formula is C21H24N4O4. The summed E-state index contributed by atoms with van der Waals surface area (Å²) in [4.78, 5) is 15.9. The number of fused-ring (bicyclic) bond motifs is 1. The van der Waals surface area contributed by atoms with Crippen molar-refractivity contribution in [3.63, 3.8) is 0 Å². The first-order valence-electron chi connectivity index (χ1n) is 9.18. The van der Waals surface area contributed by atoms with E-state index in [1.807, 2.05) is 30.3 Å². The van der Waals surface area contributed by atoms with Crippen molar-refractivity contribution < 1.29 is 14.8 Å². The number of benzene rings is 2. The lowest BCUT2D eigenvalue weighted by molar-refractivity contribution is -0.383. The van der Waals surface area contributed by atoms with E-state index in [0.29, 0.717) is 23.1 Å². The van der Waals surface area contributed by atoms with E-state index in [1.165, 1.54) is 0 Å². The van der Waals surface area contributed by atoms with E-state index in [-0.39, 0.29) is 18.1 Å². The normalized spacial score (nSPS) is 11.3. The van der Waals surface area contributed by atoms with Crippen LogP contribution in [0, 0.1) is 10.1 Å². The molecule has 0 aliphatic carbocycles. The van der Waals surface area contributed by atoms with Crippen LogP contribution in [0.4, 0.5) is 17.2 Å². The molecule has 0 aliphatic heterocycles. The molecule has 0 atom stereocenters. The van der Waals surface area contributed by atoms with Crippen LogP contribution in [0.5, 0.6) is 5.75 Å². The molecule has 1 heterocycles. The Balaban J connectivity index is 2.00. The van der Waals surface area contributed by atoms with Crippen LogP contribution in [0.2, 0.25) is 0 Å². The van der Waals surface area contributed by atoms with E-state index >= 15 is 0 Å². The summed E-state index contributed by atoms with van der Waals surface area (Å²) in [7, 11) is 1.60. The van der Waals surface area contributed by atoms with Gasteiger partial charge in [0.15, 0.2) is 0 Å². The number of nitrogens with zero attached hydrogens (tertiary/aromatic N) is 2. The molecule has 0 fully saturated rings. The summed E-state index contributed by atoms with van der Waals surface area (Å²) in [6.45, 7) is 3.79. The first-order chi connectivity index (χ1) is 13.8. The van der Waals surface area contributed by atoms with E-state index in [1.54, 1.807) is 39.2 Å². The Bertz CT molecular complexity index is 1010. The highest BCUT2D eigenvalue weighted by atomic mass is 16.6. The molecule has 0 unspecified atom stereocenters. The van der Waals surface area contributed by atoms with Gasteiger partial charge in [-0.15, -0.1) is 0 Å². The van der Waals surface area contributed by atoms with E-state index in [4.69, 9.17) is 4.74 Å². The molecule has 0 spiro atoms. The topological polar surface area (TPSA) is 110 Å². The van der Waals surface area contributed by atoms with Gasteiger partial charge in [-0.3, -0.25) is 10.1 Å². The summed E-state index contributed by atoms with van der Waals surface area (Å²) < 4.78 is 5.15. The molecule has 0 saturated heterocycles. The minimum Gasteiger partial charge on any atom is -0.497 e. The number of anilines is 2. The van der Waals surface area contributed by atoms with Gasteiger partial charge in [-0.25, -0.2) is 4.98 Å². The number of pyridine rings is 1. The maximum absolute atomic E-state index is 11.9. The van der Waals surface area contributed by atoms with E-state index in [0.717, 1.165) is 11.3 Å². The number of hydrogen-bond acceptors (Lipinski definition) is 7. The van der Waals surface area contributed by atoms with Gasteiger partial charge in [0, 0.05) is 18.5 Å². The second-order valence-corrected chi connectivity index (χ2v) is 7.33. The molecule has 8 heteroatoms. The molecule has 152 valence electrons. The van der Waals surface area contributed by atoms with Crippen LogP contribution in [-0.2, 0) is 6.54 Å². The molecule has 3 rings (SSSR count). The summed E-state index contributed by atoms with van der Waals surface area (Å²) in [6.07, 6.45) is 0. The Labute approximate surface area is 168 Å². The van der Waals surface area contributed by atoms with Crippen molar-refractivity contribution in [2.75, 3.05) is 24.3 Å². The number of aromatic nitrogens is 1. The third-order valence-corrected chi connectivity index (χ3v) is 4.37. The molecular weight excluding hydrogens is 372 g/mol. The molecule has 0 saturated carbocycles. The zero-order valence-electron chi connectivity index (χ0n) is 16.6. The van der Waals surface area contributed by atoms with Crippen LogP contribution >= 0.6 is 0 Å². The van der Waals surface area contributed by atoms with Crippen molar-refractivity contribution in [2.45, 2.75) is 26.0 Å². The number of nitro groups is 1. The minimum absolute atomic E-state index is 0.151. The van der Waals surface area contributed by atoms with E-state index in [9.17, 15) is 15.2 Å². The highest BCUT2D eigenvalue weighted by Crippen LogP contribution is 2.38. The smallest absolute Gasteiger partial charge is 0.334 e.